The average Bonchev–Trinajstić information content (AvgIpc) is 2.64. The molecule has 0 unspecified atom stereocenters. The van der Waals surface area contributed by atoms with Crippen LogP contribution >= 0.6 is 0 Å². The van der Waals surface area contributed by atoms with Gasteiger partial charge < -0.3 is 10.7 Å². The topological polar surface area (TPSA) is 54.7 Å². The van der Waals surface area contributed by atoms with E-state index in [-0.39, 0.29) is 5.41 Å². The molecule has 0 aliphatic rings. The number of aromatic nitrogens is 2. The molecule has 0 spiro atoms. The van der Waals surface area contributed by atoms with Crippen molar-refractivity contribution >= 4 is 5.95 Å². The number of imidazole rings is 1. The lowest BCUT2D eigenvalue weighted by molar-refractivity contribution is 0.590. The van der Waals surface area contributed by atoms with Crippen LogP contribution in [0.2, 0.25) is 0 Å². The summed E-state index contributed by atoms with van der Waals surface area (Å²) in [6, 6.07) is 8.44. The van der Waals surface area contributed by atoms with E-state index in [9.17, 15) is 0 Å². The zero-order valence-electron chi connectivity index (χ0n) is 9.91. The van der Waals surface area contributed by atoms with Crippen molar-refractivity contribution in [3.05, 3.63) is 36.0 Å². The maximum absolute atomic E-state index is 5.57. The smallest absolute Gasteiger partial charge is 0.197 e. The van der Waals surface area contributed by atoms with E-state index in [4.69, 9.17) is 5.73 Å². The number of anilines is 1. The first-order chi connectivity index (χ1) is 7.47. The first-order valence-corrected chi connectivity index (χ1v) is 5.38. The van der Waals surface area contributed by atoms with Gasteiger partial charge in [0.15, 0.2) is 5.95 Å². The molecule has 1 aromatic carbocycles. The third-order valence-electron chi connectivity index (χ3n) is 2.64. The lowest BCUT2D eigenvalue weighted by Crippen LogP contribution is -2.10. The van der Waals surface area contributed by atoms with Crippen molar-refractivity contribution in [1.29, 1.82) is 0 Å². The molecule has 84 valence electrons. The molecule has 1 aromatic heterocycles. The van der Waals surface area contributed by atoms with Crippen molar-refractivity contribution in [1.82, 2.24) is 9.97 Å². The van der Waals surface area contributed by atoms with Gasteiger partial charge in [-0.25, -0.2) is 4.98 Å². The number of nitrogens with two attached hydrogens (primary N) is 1. The molecule has 0 saturated heterocycles. The number of nitrogens with zero attached hydrogens (tertiary/aromatic N) is 1. The summed E-state index contributed by atoms with van der Waals surface area (Å²) >= 11 is 0. The van der Waals surface area contributed by atoms with Crippen LogP contribution in [0.3, 0.4) is 0 Å². The Kier molecular flexibility index (Phi) is 2.46. The normalized spacial score (nSPS) is 11.7. The fraction of sp³-hybridized carbons (Fsp3) is 0.308. The van der Waals surface area contributed by atoms with Crippen LogP contribution < -0.4 is 5.73 Å². The Bertz CT molecular complexity index is 492. The van der Waals surface area contributed by atoms with Crippen LogP contribution in [-0.2, 0) is 5.41 Å². The Morgan fingerprint density at radius 2 is 2.00 bits per heavy atom. The van der Waals surface area contributed by atoms with Gasteiger partial charge in [0.2, 0.25) is 0 Å². The van der Waals surface area contributed by atoms with E-state index in [0.29, 0.717) is 5.95 Å². The average molecular weight is 215 g/mol. The predicted molar refractivity (Wildman–Crippen MR) is 67.1 cm³/mol. The first kappa shape index (κ1) is 10.7. The fourth-order valence-corrected chi connectivity index (χ4v) is 1.64. The van der Waals surface area contributed by atoms with Gasteiger partial charge in [0.05, 0.1) is 11.9 Å². The van der Waals surface area contributed by atoms with Gasteiger partial charge in [-0.3, -0.25) is 0 Å². The van der Waals surface area contributed by atoms with Crippen molar-refractivity contribution in [3.8, 4) is 11.3 Å². The molecular formula is C13H17N3. The molecule has 0 radical (unpaired) electrons. The van der Waals surface area contributed by atoms with E-state index in [1.165, 1.54) is 5.56 Å². The van der Waals surface area contributed by atoms with Gasteiger partial charge in [0, 0.05) is 0 Å². The molecule has 0 aliphatic carbocycles. The molecule has 2 rings (SSSR count). The lowest BCUT2D eigenvalue weighted by atomic mass is 9.86. The van der Waals surface area contributed by atoms with Crippen LogP contribution in [0.15, 0.2) is 30.5 Å². The largest absolute Gasteiger partial charge is 0.369 e. The van der Waals surface area contributed by atoms with Crippen LogP contribution in [0, 0.1) is 0 Å². The van der Waals surface area contributed by atoms with Crippen LogP contribution in [0.4, 0.5) is 5.95 Å². The van der Waals surface area contributed by atoms with E-state index in [1.807, 2.05) is 0 Å². The molecule has 16 heavy (non-hydrogen) atoms. The molecule has 0 amide bonds. The van der Waals surface area contributed by atoms with Gasteiger partial charge in [-0.1, -0.05) is 39.0 Å². The molecule has 0 fully saturated rings. The summed E-state index contributed by atoms with van der Waals surface area (Å²) in [5.41, 5.74) is 9.11. The highest BCUT2D eigenvalue weighted by atomic mass is 15.0. The Hall–Kier alpha value is -1.77. The molecule has 3 N–H and O–H groups in total. The van der Waals surface area contributed by atoms with E-state index in [2.05, 4.69) is 55.0 Å². The van der Waals surface area contributed by atoms with Crippen molar-refractivity contribution in [2.45, 2.75) is 26.2 Å². The summed E-state index contributed by atoms with van der Waals surface area (Å²) in [5.74, 6) is 0.455. The maximum atomic E-state index is 5.57. The second kappa shape index (κ2) is 3.67. The highest BCUT2D eigenvalue weighted by Gasteiger charge is 2.14. The van der Waals surface area contributed by atoms with Gasteiger partial charge in [0.1, 0.15) is 0 Å². The number of hydrogen-bond acceptors (Lipinski definition) is 2. The van der Waals surface area contributed by atoms with Crippen molar-refractivity contribution in [2.24, 2.45) is 0 Å². The zero-order chi connectivity index (χ0) is 11.8. The molecule has 0 aliphatic heterocycles. The van der Waals surface area contributed by atoms with Crippen LogP contribution in [0.1, 0.15) is 26.3 Å². The number of benzene rings is 1. The van der Waals surface area contributed by atoms with E-state index >= 15 is 0 Å². The van der Waals surface area contributed by atoms with Gasteiger partial charge in [-0.05, 0) is 22.6 Å². The minimum Gasteiger partial charge on any atom is -0.369 e. The van der Waals surface area contributed by atoms with Crippen molar-refractivity contribution in [2.75, 3.05) is 5.73 Å². The summed E-state index contributed by atoms with van der Waals surface area (Å²) in [7, 11) is 0. The van der Waals surface area contributed by atoms with Crippen molar-refractivity contribution in [3.63, 3.8) is 0 Å². The second-order valence-corrected chi connectivity index (χ2v) is 5.01. The number of rotatable bonds is 1. The third kappa shape index (κ3) is 2.08. The van der Waals surface area contributed by atoms with Crippen molar-refractivity contribution < 1.29 is 0 Å². The number of nitrogens with one attached hydrogen (secondary N) is 1. The minimum atomic E-state index is 0.154. The Labute approximate surface area is 95.7 Å². The van der Waals surface area contributed by atoms with Crippen LogP contribution in [-0.4, -0.2) is 9.97 Å². The summed E-state index contributed by atoms with van der Waals surface area (Å²) in [5, 5.41) is 0. The summed E-state index contributed by atoms with van der Waals surface area (Å²) < 4.78 is 0. The molecule has 1 heterocycles. The standard InChI is InChI=1S/C13H17N3/c1-13(2,3)10-6-4-5-9(7-10)11-8-15-12(14)16-11/h4-8H,1-3H3,(H3,14,15,16). The first-order valence-electron chi connectivity index (χ1n) is 5.38. The molecule has 2 aromatic rings. The number of nitrogen functional groups attached to an aromatic ring is 1. The van der Waals surface area contributed by atoms with Gasteiger partial charge in [-0.15, -0.1) is 0 Å². The molecule has 0 saturated carbocycles. The van der Waals surface area contributed by atoms with Gasteiger partial charge in [-0.2, -0.15) is 0 Å². The Balaban J connectivity index is 2.44. The predicted octanol–water partition coefficient (Wildman–Crippen LogP) is 2.96. The molecule has 0 atom stereocenters. The zero-order valence-corrected chi connectivity index (χ0v) is 9.91. The van der Waals surface area contributed by atoms with Gasteiger partial charge >= 0.3 is 0 Å². The van der Waals surface area contributed by atoms with E-state index in [0.717, 1.165) is 11.3 Å². The molecular weight excluding hydrogens is 198 g/mol. The number of H-pyrrole nitrogens is 1. The summed E-state index contributed by atoms with van der Waals surface area (Å²) in [4.78, 5) is 7.04. The highest BCUT2D eigenvalue weighted by Crippen LogP contribution is 2.26. The Morgan fingerprint density at radius 1 is 1.25 bits per heavy atom. The van der Waals surface area contributed by atoms with Gasteiger partial charge in [0.25, 0.3) is 0 Å². The maximum Gasteiger partial charge on any atom is 0.197 e. The second-order valence-electron chi connectivity index (χ2n) is 5.01. The monoisotopic (exact) mass is 215 g/mol. The number of aromatic amines is 1. The quantitative estimate of drug-likeness (QED) is 0.768. The fourth-order valence-electron chi connectivity index (χ4n) is 1.64. The lowest BCUT2D eigenvalue weighted by Gasteiger charge is -2.19. The van der Waals surface area contributed by atoms with Crippen LogP contribution in [0.25, 0.3) is 11.3 Å². The van der Waals surface area contributed by atoms with E-state index < -0.39 is 0 Å². The number of hydrogen-bond donors (Lipinski definition) is 2. The summed E-state index contributed by atoms with van der Waals surface area (Å²) in [6.07, 6.45) is 1.76. The Morgan fingerprint density at radius 3 is 2.56 bits per heavy atom. The molecule has 0 bridgehead atoms. The van der Waals surface area contributed by atoms with Crippen LogP contribution in [0.5, 0.6) is 0 Å². The summed E-state index contributed by atoms with van der Waals surface area (Å²) in [6.45, 7) is 6.61. The highest BCUT2D eigenvalue weighted by molar-refractivity contribution is 5.61. The third-order valence-corrected chi connectivity index (χ3v) is 2.64. The molecule has 3 heteroatoms. The van der Waals surface area contributed by atoms with E-state index in [1.54, 1.807) is 6.20 Å². The SMILES string of the molecule is CC(C)(C)c1cccc(-c2cnc(N)[nH]2)c1. The minimum absolute atomic E-state index is 0.154. The molecule has 3 nitrogen and oxygen atoms in total.